The molecule has 2 N–H and O–H groups in total. The van der Waals surface area contributed by atoms with Crippen molar-refractivity contribution in [3.8, 4) is 0 Å². The maximum absolute atomic E-state index is 12.2. The Bertz CT molecular complexity index is 713. The zero-order valence-corrected chi connectivity index (χ0v) is 13.6. The number of rotatable bonds is 4. The molecule has 2 aromatic rings. The van der Waals surface area contributed by atoms with Crippen LogP contribution in [-0.4, -0.2) is 22.3 Å². The van der Waals surface area contributed by atoms with Crippen LogP contribution in [-0.2, 0) is 12.8 Å². The van der Waals surface area contributed by atoms with Gasteiger partial charge in [-0.15, -0.1) is 0 Å². The molecule has 5 nitrogen and oxygen atoms in total. The lowest BCUT2D eigenvalue weighted by Crippen LogP contribution is -2.20. The number of hydrogen-bond donors (Lipinski definition) is 2. The number of nitrogens with zero attached hydrogens (tertiary/aromatic N) is 2. The third kappa shape index (κ3) is 3.50. The number of aryl methyl sites for hydroxylation is 1. The van der Waals surface area contributed by atoms with Crippen molar-refractivity contribution in [2.24, 2.45) is 5.10 Å². The van der Waals surface area contributed by atoms with Crippen LogP contribution in [0.3, 0.4) is 0 Å². The largest absolute Gasteiger partial charge is 0.292 e. The van der Waals surface area contributed by atoms with Crippen molar-refractivity contribution in [1.29, 1.82) is 0 Å². The summed E-state index contributed by atoms with van der Waals surface area (Å²) >= 11 is 0. The van der Waals surface area contributed by atoms with E-state index in [4.69, 9.17) is 0 Å². The third-order valence-corrected chi connectivity index (χ3v) is 4.25. The highest BCUT2D eigenvalue weighted by Crippen LogP contribution is 2.21. The van der Waals surface area contributed by atoms with Gasteiger partial charge in [-0.2, -0.15) is 10.2 Å². The van der Waals surface area contributed by atoms with E-state index in [0.717, 1.165) is 42.5 Å². The number of aromatic nitrogens is 2. The number of H-pyrrole nitrogens is 1. The molecule has 5 heteroatoms. The predicted molar refractivity (Wildman–Crippen MR) is 90.8 cm³/mol. The molecule has 0 saturated carbocycles. The van der Waals surface area contributed by atoms with Crippen molar-refractivity contribution in [1.82, 2.24) is 15.6 Å². The van der Waals surface area contributed by atoms with E-state index in [1.165, 1.54) is 5.56 Å². The van der Waals surface area contributed by atoms with Gasteiger partial charge in [-0.1, -0.05) is 38.1 Å². The first-order chi connectivity index (χ1) is 11.1. The van der Waals surface area contributed by atoms with Crippen LogP contribution in [0.1, 0.15) is 65.5 Å². The van der Waals surface area contributed by atoms with E-state index in [1.54, 1.807) is 6.21 Å². The summed E-state index contributed by atoms with van der Waals surface area (Å²) in [6.07, 6.45) is 5.80. The van der Waals surface area contributed by atoms with Gasteiger partial charge in [-0.05, 0) is 42.7 Å². The summed E-state index contributed by atoms with van der Waals surface area (Å²) in [6.45, 7) is 4.32. The number of amides is 1. The molecule has 120 valence electrons. The molecule has 0 spiro atoms. The Labute approximate surface area is 136 Å². The number of hydrazone groups is 1. The molecular weight excluding hydrogens is 288 g/mol. The molecule has 1 aromatic heterocycles. The Morgan fingerprint density at radius 1 is 1.26 bits per heavy atom. The van der Waals surface area contributed by atoms with Crippen molar-refractivity contribution in [3.05, 3.63) is 52.3 Å². The van der Waals surface area contributed by atoms with Crippen molar-refractivity contribution in [2.45, 2.75) is 45.4 Å². The summed E-state index contributed by atoms with van der Waals surface area (Å²) in [4.78, 5) is 12.2. The topological polar surface area (TPSA) is 70.1 Å². The van der Waals surface area contributed by atoms with Crippen LogP contribution in [0.2, 0.25) is 0 Å². The first-order valence-corrected chi connectivity index (χ1v) is 8.14. The zero-order valence-electron chi connectivity index (χ0n) is 13.6. The average Bonchev–Trinajstić information content (AvgIpc) is 2.99. The number of nitrogens with one attached hydrogen (secondary N) is 2. The zero-order chi connectivity index (χ0) is 16.2. The van der Waals surface area contributed by atoms with Gasteiger partial charge in [-0.3, -0.25) is 9.89 Å². The second-order valence-corrected chi connectivity index (χ2v) is 6.26. The first kappa shape index (κ1) is 15.5. The minimum Gasteiger partial charge on any atom is -0.281 e. The maximum atomic E-state index is 12.2. The maximum Gasteiger partial charge on any atom is 0.292 e. The number of hydrogen-bond acceptors (Lipinski definition) is 3. The number of fused-ring (bicyclic) bond motifs is 1. The van der Waals surface area contributed by atoms with E-state index in [0.29, 0.717) is 11.6 Å². The number of carbonyl (C=O) groups is 1. The summed E-state index contributed by atoms with van der Waals surface area (Å²) in [5, 5.41) is 11.2. The van der Waals surface area contributed by atoms with E-state index in [-0.39, 0.29) is 5.91 Å². The molecule has 1 aliphatic rings. The summed E-state index contributed by atoms with van der Waals surface area (Å²) in [6, 6.07) is 8.17. The van der Waals surface area contributed by atoms with Gasteiger partial charge in [0.25, 0.3) is 5.91 Å². The van der Waals surface area contributed by atoms with E-state index in [1.807, 2.05) is 12.1 Å². The fourth-order valence-electron chi connectivity index (χ4n) is 2.85. The van der Waals surface area contributed by atoms with Gasteiger partial charge < -0.3 is 0 Å². The highest BCUT2D eigenvalue weighted by Gasteiger charge is 2.21. The van der Waals surface area contributed by atoms with Gasteiger partial charge in [0, 0.05) is 11.3 Å². The quantitative estimate of drug-likeness (QED) is 0.672. The van der Waals surface area contributed by atoms with Crippen molar-refractivity contribution in [2.75, 3.05) is 0 Å². The lowest BCUT2D eigenvalue weighted by Gasteiger charge is -2.10. The summed E-state index contributed by atoms with van der Waals surface area (Å²) in [5.41, 5.74) is 7.43. The van der Waals surface area contributed by atoms with Crippen molar-refractivity contribution < 1.29 is 4.79 Å². The Kier molecular flexibility index (Phi) is 4.55. The van der Waals surface area contributed by atoms with Crippen molar-refractivity contribution in [3.63, 3.8) is 0 Å². The van der Waals surface area contributed by atoms with E-state index < -0.39 is 0 Å². The molecule has 0 aliphatic heterocycles. The summed E-state index contributed by atoms with van der Waals surface area (Å²) < 4.78 is 0. The highest BCUT2D eigenvalue weighted by molar-refractivity contribution is 5.94. The van der Waals surface area contributed by atoms with E-state index in [9.17, 15) is 4.79 Å². The Balaban J connectivity index is 1.63. The van der Waals surface area contributed by atoms with Crippen LogP contribution in [0.15, 0.2) is 29.4 Å². The fourth-order valence-corrected chi connectivity index (χ4v) is 2.85. The standard InChI is InChI=1S/C18H22N4O/c1-12(2)14-9-7-13(8-10-14)11-19-22-18(23)17-15-5-3-4-6-16(15)20-21-17/h7-12H,3-6H2,1-2H3,(H,20,21)(H,22,23)/b19-11-. The Hall–Kier alpha value is -2.43. The normalized spacial score (nSPS) is 14.2. The minimum atomic E-state index is -0.251. The summed E-state index contributed by atoms with van der Waals surface area (Å²) in [5.74, 6) is 0.256. The van der Waals surface area contributed by atoms with Gasteiger partial charge in [0.15, 0.2) is 5.69 Å². The Morgan fingerprint density at radius 3 is 2.74 bits per heavy atom. The van der Waals surface area contributed by atoms with Crippen LogP contribution < -0.4 is 5.43 Å². The predicted octanol–water partition coefficient (Wildman–Crippen LogP) is 3.18. The molecule has 0 atom stereocenters. The fraction of sp³-hybridized carbons (Fsp3) is 0.389. The molecule has 0 radical (unpaired) electrons. The number of aromatic amines is 1. The highest BCUT2D eigenvalue weighted by atomic mass is 16.2. The molecule has 0 saturated heterocycles. The van der Waals surface area contributed by atoms with Gasteiger partial charge in [-0.25, -0.2) is 5.43 Å². The second kappa shape index (κ2) is 6.77. The van der Waals surface area contributed by atoms with Gasteiger partial charge >= 0.3 is 0 Å². The second-order valence-electron chi connectivity index (χ2n) is 6.26. The number of benzene rings is 1. The van der Waals surface area contributed by atoms with Gasteiger partial charge in [0.05, 0.1) is 6.21 Å². The van der Waals surface area contributed by atoms with E-state index >= 15 is 0 Å². The molecule has 0 bridgehead atoms. The molecule has 1 aliphatic carbocycles. The van der Waals surface area contributed by atoms with Gasteiger partial charge in [0.2, 0.25) is 0 Å². The average molecular weight is 310 g/mol. The van der Waals surface area contributed by atoms with Crippen LogP contribution in [0.25, 0.3) is 0 Å². The van der Waals surface area contributed by atoms with Crippen LogP contribution in [0.5, 0.6) is 0 Å². The minimum absolute atomic E-state index is 0.251. The third-order valence-electron chi connectivity index (χ3n) is 4.25. The lowest BCUT2D eigenvalue weighted by molar-refractivity contribution is 0.0949. The molecule has 1 amide bonds. The molecule has 0 unspecified atom stereocenters. The van der Waals surface area contributed by atoms with Crippen LogP contribution >= 0.6 is 0 Å². The van der Waals surface area contributed by atoms with Crippen LogP contribution in [0.4, 0.5) is 0 Å². The monoisotopic (exact) mass is 310 g/mol. The smallest absolute Gasteiger partial charge is 0.281 e. The molecular formula is C18H22N4O. The molecule has 1 heterocycles. The van der Waals surface area contributed by atoms with E-state index in [2.05, 4.69) is 46.7 Å². The van der Waals surface area contributed by atoms with Gasteiger partial charge in [0.1, 0.15) is 0 Å². The lowest BCUT2D eigenvalue weighted by atomic mass is 9.96. The van der Waals surface area contributed by atoms with Crippen LogP contribution in [0, 0.1) is 0 Å². The molecule has 23 heavy (non-hydrogen) atoms. The molecule has 1 aromatic carbocycles. The summed E-state index contributed by atoms with van der Waals surface area (Å²) in [7, 11) is 0. The first-order valence-electron chi connectivity index (χ1n) is 8.14. The van der Waals surface area contributed by atoms with Crippen molar-refractivity contribution >= 4 is 12.1 Å². The molecule has 3 rings (SSSR count). The molecule has 0 fully saturated rings. The number of carbonyl (C=O) groups excluding carboxylic acids is 1. The SMILES string of the molecule is CC(C)c1ccc(/C=N\NC(=O)c2n[nH]c3c2CCCC3)cc1. The Morgan fingerprint density at radius 2 is 2.00 bits per heavy atom.